The molecule has 2 heterocycles. The maximum Gasteiger partial charge on any atom is 0.119 e. The highest BCUT2D eigenvalue weighted by Crippen LogP contribution is 2.34. The van der Waals surface area contributed by atoms with Crippen LogP contribution < -0.4 is 4.74 Å². The zero-order valence-corrected chi connectivity index (χ0v) is 11.6. The first kappa shape index (κ1) is 12.9. The molecule has 2 fully saturated rings. The lowest BCUT2D eigenvalue weighted by Crippen LogP contribution is -2.44. The van der Waals surface area contributed by atoms with Crippen molar-refractivity contribution in [3.63, 3.8) is 0 Å². The summed E-state index contributed by atoms with van der Waals surface area (Å²) >= 11 is 0. The Labute approximate surface area is 114 Å². The third kappa shape index (κ3) is 2.93. The summed E-state index contributed by atoms with van der Waals surface area (Å²) in [5.74, 6) is 0.971. The quantitative estimate of drug-likeness (QED) is 0.838. The molecule has 2 saturated heterocycles. The summed E-state index contributed by atoms with van der Waals surface area (Å²) in [6, 6.07) is 8.43. The average Bonchev–Trinajstić information content (AvgIpc) is 2.88. The second kappa shape index (κ2) is 5.51. The van der Waals surface area contributed by atoms with Gasteiger partial charge >= 0.3 is 0 Å². The molecule has 2 atom stereocenters. The molecule has 1 aromatic rings. The van der Waals surface area contributed by atoms with Crippen molar-refractivity contribution in [3.05, 3.63) is 29.8 Å². The van der Waals surface area contributed by atoms with Gasteiger partial charge in [0, 0.05) is 25.9 Å². The third-order valence-electron chi connectivity index (χ3n) is 4.15. The molecule has 3 nitrogen and oxygen atoms in total. The Bertz CT molecular complexity index is 407. The normalized spacial score (nSPS) is 30.7. The van der Waals surface area contributed by atoms with Crippen LogP contribution in [0.3, 0.4) is 0 Å². The van der Waals surface area contributed by atoms with Crippen molar-refractivity contribution in [2.24, 2.45) is 0 Å². The average molecular weight is 262 g/mol. The predicted octanol–water partition coefficient (Wildman–Crippen LogP) is 2.97. The zero-order valence-electron chi connectivity index (χ0n) is 11.6. The lowest BCUT2D eigenvalue weighted by Gasteiger charge is -2.37. The van der Waals surface area contributed by atoms with Gasteiger partial charge in [-0.05, 0) is 24.1 Å². The Hall–Kier alpha value is -1.06. The van der Waals surface area contributed by atoms with Crippen LogP contribution in [0, 0.1) is 0 Å². The Kier molecular flexibility index (Phi) is 3.76. The monoisotopic (exact) mass is 262 g/mol. The van der Waals surface area contributed by atoms with Gasteiger partial charge in [0.25, 0.3) is 0 Å². The molecule has 0 radical (unpaired) electrons. The summed E-state index contributed by atoms with van der Waals surface area (Å²) in [5.41, 5.74) is 1.27. The van der Waals surface area contributed by atoms with Crippen LogP contribution in [-0.2, 0) is 15.9 Å². The van der Waals surface area contributed by atoms with Gasteiger partial charge in [-0.1, -0.05) is 19.1 Å². The Morgan fingerprint density at radius 3 is 2.79 bits per heavy atom. The summed E-state index contributed by atoms with van der Waals surface area (Å²) in [5, 5.41) is 0. The van der Waals surface area contributed by atoms with E-state index in [0.717, 1.165) is 51.3 Å². The fourth-order valence-corrected chi connectivity index (χ4v) is 2.94. The van der Waals surface area contributed by atoms with Gasteiger partial charge in [0.05, 0.1) is 18.8 Å². The van der Waals surface area contributed by atoms with Crippen LogP contribution in [0.5, 0.6) is 5.75 Å². The predicted molar refractivity (Wildman–Crippen MR) is 73.6 cm³/mol. The van der Waals surface area contributed by atoms with E-state index in [1.54, 1.807) is 0 Å². The summed E-state index contributed by atoms with van der Waals surface area (Å²) < 4.78 is 17.5. The molecule has 2 aliphatic heterocycles. The lowest BCUT2D eigenvalue weighted by molar-refractivity contribution is -0.112. The molecule has 104 valence electrons. The van der Waals surface area contributed by atoms with E-state index in [9.17, 15) is 0 Å². The van der Waals surface area contributed by atoms with Crippen LogP contribution in [0.25, 0.3) is 0 Å². The lowest BCUT2D eigenvalue weighted by atomic mass is 9.91. The van der Waals surface area contributed by atoms with Gasteiger partial charge in [-0.25, -0.2) is 0 Å². The first-order valence-corrected chi connectivity index (χ1v) is 7.27. The van der Waals surface area contributed by atoms with Crippen molar-refractivity contribution in [2.75, 3.05) is 19.8 Å². The molecule has 0 aromatic heterocycles. The largest absolute Gasteiger partial charge is 0.490 e. The summed E-state index contributed by atoms with van der Waals surface area (Å²) in [7, 11) is 0. The highest BCUT2D eigenvalue weighted by molar-refractivity contribution is 5.27. The van der Waals surface area contributed by atoms with Crippen molar-refractivity contribution in [1.29, 1.82) is 0 Å². The molecule has 1 aromatic carbocycles. The number of ether oxygens (including phenoxy) is 3. The van der Waals surface area contributed by atoms with E-state index < -0.39 is 0 Å². The molecule has 3 rings (SSSR count). The molecule has 0 aliphatic carbocycles. The van der Waals surface area contributed by atoms with Gasteiger partial charge in [0.15, 0.2) is 0 Å². The van der Waals surface area contributed by atoms with E-state index in [1.807, 2.05) is 0 Å². The van der Waals surface area contributed by atoms with E-state index >= 15 is 0 Å². The Morgan fingerprint density at radius 1 is 1.26 bits per heavy atom. The van der Waals surface area contributed by atoms with Crippen molar-refractivity contribution < 1.29 is 14.2 Å². The van der Waals surface area contributed by atoms with E-state index in [1.165, 1.54) is 5.56 Å². The number of aryl methyl sites for hydroxylation is 1. The molecule has 0 amide bonds. The molecule has 1 spiro atoms. The second-order valence-electron chi connectivity index (χ2n) is 5.56. The van der Waals surface area contributed by atoms with Crippen molar-refractivity contribution in [2.45, 2.75) is 44.3 Å². The Balaban J connectivity index is 1.62. The van der Waals surface area contributed by atoms with Crippen LogP contribution in [0.15, 0.2) is 24.3 Å². The van der Waals surface area contributed by atoms with Crippen LogP contribution >= 0.6 is 0 Å². The maximum absolute atomic E-state index is 6.11. The third-order valence-corrected chi connectivity index (χ3v) is 4.15. The molecular formula is C16H22O3. The van der Waals surface area contributed by atoms with E-state index in [2.05, 4.69) is 31.2 Å². The molecule has 2 unspecified atom stereocenters. The first-order chi connectivity index (χ1) is 9.30. The van der Waals surface area contributed by atoms with Gasteiger partial charge in [-0.2, -0.15) is 0 Å². The highest BCUT2D eigenvalue weighted by Gasteiger charge is 2.41. The molecule has 3 heteroatoms. The van der Waals surface area contributed by atoms with E-state index in [0.29, 0.717) is 0 Å². The second-order valence-corrected chi connectivity index (χ2v) is 5.56. The highest BCUT2D eigenvalue weighted by atomic mass is 16.6. The van der Waals surface area contributed by atoms with Crippen LogP contribution in [-0.4, -0.2) is 31.5 Å². The fourth-order valence-electron chi connectivity index (χ4n) is 2.94. The minimum Gasteiger partial charge on any atom is -0.490 e. The molecule has 0 N–H and O–H groups in total. The van der Waals surface area contributed by atoms with E-state index in [-0.39, 0.29) is 11.7 Å². The minimum absolute atomic E-state index is 0.0771. The Morgan fingerprint density at radius 2 is 2.11 bits per heavy atom. The smallest absolute Gasteiger partial charge is 0.119 e. The van der Waals surface area contributed by atoms with Crippen molar-refractivity contribution in [1.82, 2.24) is 0 Å². The van der Waals surface area contributed by atoms with Crippen LogP contribution in [0.1, 0.15) is 31.7 Å². The SMILES string of the molecule is CCc1ccc(OC2CCOC3(CCOC3)C2)cc1. The fraction of sp³-hybridized carbons (Fsp3) is 0.625. The van der Waals surface area contributed by atoms with Gasteiger partial charge in [-0.15, -0.1) is 0 Å². The van der Waals surface area contributed by atoms with Crippen molar-refractivity contribution in [3.8, 4) is 5.75 Å². The number of rotatable bonds is 3. The summed E-state index contributed by atoms with van der Waals surface area (Å²) in [6.45, 7) is 4.48. The number of benzene rings is 1. The van der Waals surface area contributed by atoms with Gasteiger partial charge in [0.1, 0.15) is 11.9 Å². The van der Waals surface area contributed by atoms with Gasteiger partial charge in [0.2, 0.25) is 0 Å². The number of hydrogen-bond donors (Lipinski definition) is 0. The van der Waals surface area contributed by atoms with E-state index in [4.69, 9.17) is 14.2 Å². The molecular weight excluding hydrogens is 240 g/mol. The standard InChI is InChI=1S/C16H22O3/c1-2-13-3-5-14(6-4-13)19-15-7-9-18-16(11-15)8-10-17-12-16/h3-6,15H,2,7-12H2,1H3. The summed E-state index contributed by atoms with van der Waals surface area (Å²) in [6.07, 6.45) is 4.24. The van der Waals surface area contributed by atoms with Crippen LogP contribution in [0.2, 0.25) is 0 Å². The summed E-state index contributed by atoms with van der Waals surface area (Å²) in [4.78, 5) is 0. The number of hydrogen-bond acceptors (Lipinski definition) is 3. The van der Waals surface area contributed by atoms with Gasteiger partial charge < -0.3 is 14.2 Å². The van der Waals surface area contributed by atoms with Crippen LogP contribution in [0.4, 0.5) is 0 Å². The molecule has 19 heavy (non-hydrogen) atoms. The first-order valence-electron chi connectivity index (χ1n) is 7.27. The zero-order chi connectivity index (χ0) is 13.1. The molecule has 0 bridgehead atoms. The topological polar surface area (TPSA) is 27.7 Å². The minimum atomic E-state index is -0.0771. The van der Waals surface area contributed by atoms with Gasteiger partial charge in [-0.3, -0.25) is 0 Å². The van der Waals surface area contributed by atoms with Crippen molar-refractivity contribution >= 4 is 0 Å². The molecule has 0 saturated carbocycles. The molecule has 2 aliphatic rings. The maximum atomic E-state index is 6.11.